The number of rotatable bonds is 5. The van der Waals surface area contributed by atoms with Crippen LogP contribution >= 0.6 is 0 Å². The molecule has 1 aromatic heterocycles. The number of nitrogens with zero attached hydrogens (tertiary/aromatic N) is 2. The van der Waals surface area contributed by atoms with Gasteiger partial charge in [-0.05, 0) is 48.7 Å². The van der Waals surface area contributed by atoms with Crippen LogP contribution in [0, 0.1) is 25.2 Å². The van der Waals surface area contributed by atoms with E-state index in [1.807, 2.05) is 55.5 Å². The van der Waals surface area contributed by atoms with Gasteiger partial charge in [0.25, 0.3) is 0 Å². The predicted molar refractivity (Wildman–Crippen MR) is 113 cm³/mol. The maximum atomic E-state index is 9.65. The van der Waals surface area contributed by atoms with Crippen molar-refractivity contribution in [2.45, 2.75) is 20.5 Å². The van der Waals surface area contributed by atoms with Crippen LogP contribution in [0.2, 0.25) is 0 Å². The van der Waals surface area contributed by atoms with E-state index in [1.54, 1.807) is 18.3 Å². The number of pyridine rings is 1. The lowest BCUT2D eigenvalue weighted by Gasteiger charge is -2.14. The SMILES string of the molecule is Cc1cccc(Oc2ccnc3cc(OCc4ccccc4)c(C#N)cc23)c1C. The molecule has 4 heteroatoms. The largest absolute Gasteiger partial charge is 0.487 e. The quantitative estimate of drug-likeness (QED) is 0.420. The van der Waals surface area contributed by atoms with Crippen molar-refractivity contribution in [1.29, 1.82) is 5.26 Å². The molecule has 0 aliphatic carbocycles. The van der Waals surface area contributed by atoms with Gasteiger partial charge >= 0.3 is 0 Å². The van der Waals surface area contributed by atoms with E-state index >= 15 is 0 Å². The number of ether oxygens (including phenoxy) is 2. The van der Waals surface area contributed by atoms with Gasteiger partial charge in [-0.1, -0.05) is 42.5 Å². The molecule has 0 N–H and O–H groups in total. The molecule has 0 saturated carbocycles. The van der Waals surface area contributed by atoms with E-state index in [4.69, 9.17) is 9.47 Å². The molecule has 4 nitrogen and oxygen atoms in total. The van der Waals surface area contributed by atoms with Crippen LogP contribution in [0.15, 0.2) is 72.9 Å². The third-order valence-corrected chi connectivity index (χ3v) is 4.94. The molecule has 4 aromatic rings. The summed E-state index contributed by atoms with van der Waals surface area (Å²) in [7, 11) is 0. The first kappa shape index (κ1) is 18.5. The summed E-state index contributed by atoms with van der Waals surface area (Å²) in [6.45, 7) is 4.47. The molecule has 0 fully saturated rings. The van der Waals surface area contributed by atoms with Crippen molar-refractivity contribution in [3.05, 3.63) is 95.2 Å². The molecular formula is C25H20N2O2. The van der Waals surface area contributed by atoms with Crippen LogP contribution in [0.4, 0.5) is 0 Å². The van der Waals surface area contributed by atoms with Crippen molar-refractivity contribution >= 4 is 10.9 Å². The van der Waals surface area contributed by atoms with Gasteiger partial charge in [0.1, 0.15) is 29.9 Å². The van der Waals surface area contributed by atoms with E-state index in [9.17, 15) is 5.26 Å². The molecule has 1 heterocycles. The smallest absolute Gasteiger partial charge is 0.139 e. The molecule has 29 heavy (non-hydrogen) atoms. The van der Waals surface area contributed by atoms with Crippen molar-refractivity contribution in [3.8, 4) is 23.3 Å². The Labute approximate surface area is 170 Å². The van der Waals surface area contributed by atoms with Crippen molar-refractivity contribution in [2.24, 2.45) is 0 Å². The van der Waals surface area contributed by atoms with Gasteiger partial charge in [-0.15, -0.1) is 0 Å². The molecule has 3 aromatic carbocycles. The van der Waals surface area contributed by atoms with Crippen LogP contribution in [-0.4, -0.2) is 4.98 Å². The molecule has 0 bridgehead atoms. The third-order valence-electron chi connectivity index (χ3n) is 4.94. The van der Waals surface area contributed by atoms with Gasteiger partial charge in [-0.25, -0.2) is 0 Å². The summed E-state index contributed by atoms with van der Waals surface area (Å²) in [4.78, 5) is 4.45. The highest BCUT2D eigenvalue weighted by Gasteiger charge is 2.12. The second-order valence-electron chi connectivity index (χ2n) is 6.86. The fourth-order valence-electron chi connectivity index (χ4n) is 3.13. The van der Waals surface area contributed by atoms with Crippen molar-refractivity contribution in [3.63, 3.8) is 0 Å². The van der Waals surface area contributed by atoms with E-state index in [2.05, 4.69) is 24.0 Å². The fourth-order valence-corrected chi connectivity index (χ4v) is 3.13. The molecule has 0 radical (unpaired) electrons. The lowest BCUT2D eigenvalue weighted by molar-refractivity contribution is 0.305. The molecule has 0 aliphatic heterocycles. The molecule has 4 rings (SSSR count). The first-order valence-electron chi connectivity index (χ1n) is 9.39. The number of hydrogen-bond donors (Lipinski definition) is 0. The highest BCUT2D eigenvalue weighted by molar-refractivity contribution is 5.88. The maximum Gasteiger partial charge on any atom is 0.139 e. The number of fused-ring (bicyclic) bond motifs is 1. The van der Waals surface area contributed by atoms with Crippen LogP contribution in [0.1, 0.15) is 22.3 Å². The molecule has 0 amide bonds. The zero-order valence-electron chi connectivity index (χ0n) is 16.3. The average molecular weight is 380 g/mol. The van der Waals surface area contributed by atoms with Gasteiger partial charge < -0.3 is 9.47 Å². The van der Waals surface area contributed by atoms with E-state index in [-0.39, 0.29) is 0 Å². The van der Waals surface area contributed by atoms with Crippen molar-refractivity contribution < 1.29 is 9.47 Å². The third kappa shape index (κ3) is 3.90. The fraction of sp³-hybridized carbons (Fsp3) is 0.120. The van der Waals surface area contributed by atoms with Crippen LogP contribution in [-0.2, 0) is 6.61 Å². The minimum Gasteiger partial charge on any atom is -0.487 e. The van der Waals surface area contributed by atoms with Gasteiger partial charge in [0, 0.05) is 17.6 Å². The maximum absolute atomic E-state index is 9.65. The Hall–Kier alpha value is -3.84. The second kappa shape index (κ2) is 8.04. The molecule has 0 atom stereocenters. The van der Waals surface area contributed by atoms with Gasteiger partial charge in [0.2, 0.25) is 0 Å². The second-order valence-corrected chi connectivity index (χ2v) is 6.86. The first-order chi connectivity index (χ1) is 14.2. The zero-order chi connectivity index (χ0) is 20.2. The lowest BCUT2D eigenvalue weighted by atomic mass is 10.1. The van der Waals surface area contributed by atoms with Gasteiger partial charge in [-0.2, -0.15) is 5.26 Å². The molecular weight excluding hydrogens is 360 g/mol. The molecule has 0 aliphatic rings. The number of nitriles is 1. The Balaban J connectivity index is 1.70. The van der Waals surface area contributed by atoms with Crippen molar-refractivity contribution in [2.75, 3.05) is 0 Å². The summed E-state index contributed by atoms with van der Waals surface area (Å²) in [5.74, 6) is 1.97. The number of aromatic nitrogens is 1. The highest BCUT2D eigenvalue weighted by atomic mass is 16.5. The standard InChI is InChI=1S/C25H20N2O2/c1-17-7-6-10-23(18(17)2)29-24-11-12-27-22-14-25(20(15-26)13-21(22)24)28-16-19-8-4-3-5-9-19/h3-14H,16H2,1-2H3. The molecule has 142 valence electrons. The number of hydrogen-bond acceptors (Lipinski definition) is 4. The number of benzene rings is 3. The van der Waals surface area contributed by atoms with E-state index in [0.29, 0.717) is 23.7 Å². The highest BCUT2D eigenvalue weighted by Crippen LogP contribution is 2.34. The molecule has 0 saturated heterocycles. The summed E-state index contributed by atoms with van der Waals surface area (Å²) in [6.07, 6.45) is 1.70. The summed E-state index contributed by atoms with van der Waals surface area (Å²) in [5.41, 5.74) is 4.45. The average Bonchev–Trinajstić information content (AvgIpc) is 2.75. The molecule has 0 spiro atoms. The summed E-state index contributed by atoms with van der Waals surface area (Å²) < 4.78 is 12.1. The van der Waals surface area contributed by atoms with Gasteiger partial charge in [-0.3, -0.25) is 4.98 Å². The Morgan fingerprint density at radius 1 is 0.897 bits per heavy atom. The number of aryl methyl sites for hydroxylation is 1. The Morgan fingerprint density at radius 2 is 1.72 bits per heavy atom. The summed E-state index contributed by atoms with van der Waals surface area (Å²) in [6, 6.07) is 23.4. The van der Waals surface area contributed by atoms with Gasteiger partial charge in [0.15, 0.2) is 0 Å². The topological polar surface area (TPSA) is 55.1 Å². The van der Waals surface area contributed by atoms with Crippen LogP contribution < -0.4 is 9.47 Å². The van der Waals surface area contributed by atoms with Crippen LogP contribution in [0.3, 0.4) is 0 Å². The Bertz CT molecular complexity index is 1210. The van der Waals surface area contributed by atoms with E-state index < -0.39 is 0 Å². The molecule has 0 unspecified atom stereocenters. The predicted octanol–water partition coefficient (Wildman–Crippen LogP) is 6.09. The Kier molecular flexibility index (Phi) is 5.13. The van der Waals surface area contributed by atoms with Crippen molar-refractivity contribution in [1.82, 2.24) is 4.98 Å². The van der Waals surface area contributed by atoms with Crippen LogP contribution in [0.5, 0.6) is 17.2 Å². The lowest BCUT2D eigenvalue weighted by Crippen LogP contribution is -1.98. The van der Waals surface area contributed by atoms with Gasteiger partial charge in [0.05, 0.1) is 11.1 Å². The van der Waals surface area contributed by atoms with E-state index in [0.717, 1.165) is 33.3 Å². The minimum absolute atomic E-state index is 0.389. The van der Waals surface area contributed by atoms with Crippen LogP contribution in [0.25, 0.3) is 10.9 Å². The van der Waals surface area contributed by atoms with E-state index in [1.165, 1.54) is 0 Å². The first-order valence-corrected chi connectivity index (χ1v) is 9.39. The normalized spacial score (nSPS) is 10.5. The minimum atomic E-state index is 0.389. The summed E-state index contributed by atoms with van der Waals surface area (Å²) >= 11 is 0. The monoisotopic (exact) mass is 380 g/mol. The summed E-state index contributed by atoms with van der Waals surface area (Å²) in [5, 5.41) is 10.4. The Morgan fingerprint density at radius 3 is 2.52 bits per heavy atom. The zero-order valence-corrected chi connectivity index (χ0v) is 16.3.